The normalized spacial score (nSPS) is 25.7. The summed E-state index contributed by atoms with van der Waals surface area (Å²) in [6.07, 6.45) is 13.4. The monoisotopic (exact) mass is 195 g/mol. The Bertz CT molecular complexity index is 143. The molecule has 0 bridgehead atoms. The highest BCUT2D eigenvalue weighted by Gasteiger charge is 2.15. The van der Waals surface area contributed by atoms with E-state index in [9.17, 15) is 0 Å². The first kappa shape index (κ1) is 10.5. The zero-order chi connectivity index (χ0) is 9.64. The Morgan fingerprint density at radius 1 is 0.857 bits per heavy atom. The summed E-state index contributed by atoms with van der Waals surface area (Å²) in [5.41, 5.74) is 0. The van der Waals surface area contributed by atoms with Crippen LogP contribution in [0.3, 0.4) is 0 Å². The Hall–Kier alpha value is -0.0400. The fraction of sp³-hybridized carbons (Fsp3) is 1.00. The van der Waals surface area contributed by atoms with Crippen molar-refractivity contribution in [2.45, 2.75) is 57.8 Å². The maximum absolute atomic E-state index is 2.66. The highest BCUT2D eigenvalue weighted by atomic mass is 15.1. The van der Waals surface area contributed by atoms with Gasteiger partial charge in [0, 0.05) is 0 Å². The molecule has 14 heavy (non-hydrogen) atoms. The van der Waals surface area contributed by atoms with Gasteiger partial charge >= 0.3 is 0 Å². The summed E-state index contributed by atoms with van der Waals surface area (Å²) in [6, 6.07) is 0. The first-order valence-electron chi connectivity index (χ1n) is 6.67. The van der Waals surface area contributed by atoms with E-state index < -0.39 is 0 Å². The lowest BCUT2D eigenvalue weighted by atomic mass is 9.86. The van der Waals surface area contributed by atoms with Gasteiger partial charge in [-0.2, -0.15) is 0 Å². The predicted molar refractivity (Wildman–Crippen MR) is 61.5 cm³/mol. The van der Waals surface area contributed by atoms with Crippen LogP contribution in [0.25, 0.3) is 0 Å². The zero-order valence-electron chi connectivity index (χ0n) is 9.51. The van der Waals surface area contributed by atoms with Gasteiger partial charge in [0.25, 0.3) is 0 Å². The molecule has 1 saturated heterocycles. The molecule has 2 aliphatic rings. The quantitative estimate of drug-likeness (QED) is 0.664. The zero-order valence-corrected chi connectivity index (χ0v) is 9.51. The maximum atomic E-state index is 2.66. The third-order valence-corrected chi connectivity index (χ3v) is 4.01. The molecule has 1 heterocycles. The Morgan fingerprint density at radius 2 is 1.57 bits per heavy atom. The van der Waals surface area contributed by atoms with Gasteiger partial charge < -0.3 is 4.90 Å². The molecule has 0 N–H and O–H groups in total. The molecule has 0 aromatic rings. The van der Waals surface area contributed by atoms with E-state index in [0.29, 0.717) is 0 Å². The number of hydrogen-bond donors (Lipinski definition) is 0. The Balaban J connectivity index is 1.52. The van der Waals surface area contributed by atoms with Crippen molar-refractivity contribution in [1.82, 2.24) is 4.90 Å². The summed E-state index contributed by atoms with van der Waals surface area (Å²) >= 11 is 0. The van der Waals surface area contributed by atoms with Gasteiger partial charge in [-0.05, 0) is 51.2 Å². The second kappa shape index (κ2) is 5.75. The third kappa shape index (κ3) is 3.27. The second-order valence-corrected chi connectivity index (χ2v) is 5.20. The smallest absolute Gasteiger partial charge is 0.00183 e. The maximum Gasteiger partial charge on any atom is -0.00183 e. The lowest BCUT2D eigenvalue weighted by molar-refractivity contribution is 0.286. The lowest BCUT2D eigenvalue weighted by Gasteiger charge is -2.22. The largest absolute Gasteiger partial charge is 0.303 e. The van der Waals surface area contributed by atoms with Gasteiger partial charge in [0.1, 0.15) is 0 Å². The van der Waals surface area contributed by atoms with Crippen LogP contribution < -0.4 is 0 Å². The van der Waals surface area contributed by atoms with Crippen LogP contribution in [0.2, 0.25) is 0 Å². The average Bonchev–Trinajstić information content (AvgIpc) is 2.72. The van der Waals surface area contributed by atoms with E-state index >= 15 is 0 Å². The SMILES string of the molecule is C1CCC(CCCN2CCCC2)CC1. The Labute approximate surface area is 88.9 Å². The summed E-state index contributed by atoms with van der Waals surface area (Å²) in [6.45, 7) is 4.14. The van der Waals surface area contributed by atoms with Crippen LogP contribution in [0.4, 0.5) is 0 Å². The molecular weight excluding hydrogens is 170 g/mol. The number of likely N-dealkylation sites (tertiary alicyclic amines) is 1. The van der Waals surface area contributed by atoms with Crippen molar-refractivity contribution in [3.63, 3.8) is 0 Å². The van der Waals surface area contributed by atoms with Gasteiger partial charge in [0.15, 0.2) is 0 Å². The van der Waals surface area contributed by atoms with E-state index in [1.54, 1.807) is 0 Å². The van der Waals surface area contributed by atoms with Crippen molar-refractivity contribution in [3.8, 4) is 0 Å². The Morgan fingerprint density at radius 3 is 2.29 bits per heavy atom. The van der Waals surface area contributed by atoms with E-state index in [0.717, 1.165) is 5.92 Å². The third-order valence-electron chi connectivity index (χ3n) is 4.01. The average molecular weight is 195 g/mol. The lowest BCUT2D eigenvalue weighted by Crippen LogP contribution is -2.21. The van der Waals surface area contributed by atoms with Crippen molar-refractivity contribution >= 4 is 0 Å². The Kier molecular flexibility index (Phi) is 4.30. The van der Waals surface area contributed by atoms with Crippen LogP contribution in [0.5, 0.6) is 0 Å². The minimum absolute atomic E-state index is 1.09. The topological polar surface area (TPSA) is 3.24 Å². The van der Waals surface area contributed by atoms with Crippen LogP contribution in [-0.2, 0) is 0 Å². The van der Waals surface area contributed by atoms with Crippen molar-refractivity contribution in [2.75, 3.05) is 19.6 Å². The minimum Gasteiger partial charge on any atom is -0.303 e. The molecule has 82 valence electrons. The molecule has 2 rings (SSSR count). The molecule has 0 spiro atoms. The summed E-state index contributed by atoms with van der Waals surface area (Å²) in [5, 5.41) is 0. The predicted octanol–water partition coefficient (Wildman–Crippen LogP) is 3.44. The van der Waals surface area contributed by atoms with Crippen LogP contribution in [0, 0.1) is 5.92 Å². The van der Waals surface area contributed by atoms with Crippen LogP contribution in [0.1, 0.15) is 57.8 Å². The molecule has 0 unspecified atom stereocenters. The molecule has 0 radical (unpaired) electrons. The van der Waals surface area contributed by atoms with E-state index in [2.05, 4.69) is 4.90 Å². The van der Waals surface area contributed by atoms with Gasteiger partial charge in [-0.3, -0.25) is 0 Å². The number of rotatable bonds is 4. The molecule has 1 nitrogen and oxygen atoms in total. The number of nitrogens with zero attached hydrogens (tertiary/aromatic N) is 1. The van der Waals surface area contributed by atoms with Gasteiger partial charge in [-0.1, -0.05) is 32.1 Å². The van der Waals surface area contributed by atoms with Gasteiger partial charge in [0.2, 0.25) is 0 Å². The summed E-state index contributed by atoms with van der Waals surface area (Å²) in [7, 11) is 0. The molecule has 0 atom stereocenters. The fourth-order valence-corrected chi connectivity index (χ4v) is 3.09. The van der Waals surface area contributed by atoms with E-state index in [1.165, 1.54) is 77.4 Å². The molecule has 1 heteroatoms. The van der Waals surface area contributed by atoms with Crippen LogP contribution in [0.15, 0.2) is 0 Å². The van der Waals surface area contributed by atoms with Crippen molar-refractivity contribution in [1.29, 1.82) is 0 Å². The van der Waals surface area contributed by atoms with E-state index in [-0.39, 0.29) is 0 Å². The van der Waals surface area contributed by atoms with Gasteiger partial charge in [0.05, 0.1) is 0 Å². The fourth-order valence-electron chi connectivity index (χ4n) is 3.09. The summed E-state index contributed by atoms with van der Waals surface area (Å²) in [4.78, 5) is 2.66. The molecule has 2 fully saturated rings. The highest BCUT2D eigenvalue weighted by molar-refractivity contribution is 4.69. The van der Waals surface area contributed by atoms with Gasteiger partial charge in [-0.25, -0.2) is 0 Å². The minimum atomic E-state index is 1.09. The van der Waals surface area contributed by atoms with Crippen molar-refractivity contribution in [3.05, 3.63) is 0 Å². The molecular formula is C13H25N. The number of hydrogen-bond acceptors (Lipinski definition) is 1. The molecule has 1 aliphatic heterocycles. The highest BCUT2D eigenvalue weighted by Crippen LogP contribution is 2.27. The molecule has 1 saturated carbocycles. The first-order valence-corrected chi connectivity index (χ1v) is 6.67. The summed E-state index contributed by atoms with van der Waals surface area (Å²) in [5.74, 6) is 1.09. The van der Waals surface area contributed by atoms with E-state index in [1.807, 2.05) is 0 Å². The van der Waals surface area contributed by atoms with Crippen LogP contribution >= 0.6 is 0 Å². The van der Waals surface area contributed by atoms with E-state index in [4.69, 9.17) is 0 Å². The standard InChI is InChI=1S/C13H25N/c1-2-7-13(8-3-1)9-6-12-14-10-4-5-11-14/h13H,1-12H2. The molecule has 1 aliphatic carbocycles. The first-order chi connectivity index (χ1) is 6.95. The molecule has 0 aromatic carbocycles. The van der Waals surface area contributed by atoms with Crippen molar-refractivity contribution < 1.29 is 0 Å². The molecule has 0 amide bonds. The molecule has 0 aromatic heterocycles. The van der Waals surface area contributed by atoms with Crippen LogP contribution in [-0.4, -0.2) is 24.5 Å². The van der Waals surface area contributed by atoms with Gasteiger partial charge in [-0.15, -0.1) is 0 Å². The summed E-state index contributed by atoms with van der Waals surface area (Å²) < 4.78 is 0. The van der Waals surface area contributed by atoms with Crippen molar-refractivity contribution in [2.24, 2.45) is 5.92 Å². The second-order valence-electron chi connectivity index (χ2n) is 5.20.